The van der Waals surface area contributed by atoms with E-state index in [4.69, 9.17) is 9.72 Å². The lowest BCUT2D eigenvalue weighted by Crippen LogP contribution is -2.36. The molecule has 3 aromatic heterocycles. The van der Waals surface area contributed by atoms with Gasteiger partial charge in [-0.1, -0.05) is 0 Å². The molecule has 0 saturated carbocycles. The van der Waals surface area contributed by atoms with Crippen molar-refractivity contribution in [3.63, 3.8) is 0 Å². The normalized spacial score (nSPS) is 15.3. The molecule has 0 spiro atoms. The van der Waals surface area contributed by atoms with Gasteiger partial charge in [0, 0.05) is 49.0 Å². The second kappa shape index (κ2) is 7.69. The molecule has 0 amide bonds. The second-order valence-electron chi connectivity index (χ2n) is 7.76. The van der Waals surface area contributed by atoms with E-state index in [1.807, 2.05) is 28.8 Å². The van der Waals surface area contributed by atoms with Crippen molar-refractivity contribution in [3.05, 3.63) is 66.0 Å². The number of anilines is 3. The monoisotopic (exact) mass is 429 g/mol. The number of aromatic nitrogens is 4. The Balaban J connectivity index is 1.34. The van der Waals surface area contributed by atoms with Crippen molar-refractivity contribution in [2.45, 2.75) is 6.54 Å². The van der Waals surface area contributed by atoms with Gasteiger partial charge in [0.2, 0.25) is 0 Å². The van der Waals surface area contributed by atoms with Crippen LogP contribution in [0.3, 0.4) is 0 Å². The van der Waals surface area contributed by atoms with Crippen LogP contribution >= 0.6 is 0 Å². The van der Waals surface area contributed by atoms with Gasteiger partial charge >= 0.3 is 0 Å². The minimum atomic E-state index is -0.327. The van der Waals surface area contributed by atoms with Crippen LogP contribution in [-0.4, -0.2) is 51.9 Å². The average Bonchev–Trinajstić information content (AvgIpc) is 3.48. The third-order valence-corrected chi connectivity index (χ3v) is 5.72. The Morgan fingerprint density at radius 1 is 1.09 bits per heavy atom. The zero-order valence-corrected chi connectivity index (χ0v) is 17.2. The number of nitrogens with zero attached hydrogens (tertiary/aromatic N) is 6. The highest BCUT2D eigenvalue weighted by atomic mass is 19.1. The van der Waals surface area contributed by atoms with Crippen molar-refractivity contribution in [3.8, 4) is 11.3 Å². The Bertz CT molecular complexity index is 1330. The van der Waals surface area contributed by atoms with E-state index in [-0.39, 0.29) is 5.82 Å². The highest BCUT2D eigenvalue weighted by molar-refractivity contribution is 5.86. The molecule has 1 fully saturated rings. The molecule has 1 N–H and O–H groups in total. The Morgan fingerprint density at radius 2 is 2.00 bits per heavy atom. The quantitative estimate of drug-likeness (QED) is 0.535. The summed E-state index contributed by atoms with van der Waals surface area (Å²) >= 11 is 0. The second-order valence-corrected chi connectivity index (χ2v) is 7.76. The van der Waals surface area contributed by atoms with Crippen LogP contribution in [0.2, 0.25) is 0 Å². The molecule has 5 heterocycles. The van der Waals surface area contributed by atoms with Crippen molar-refractivity contribution >= 4 is 29.2 Å². The van der Waals surface area contributed by atoms with Gasteiger partial charge in [0.1, 0.15) is 11.6 Å². The Kier molecular flexibility index (Phi) is 4.53. The van der Waals surface area contributed by atoms with Gasteiger partial charge in [-0.3, -0.25) is 4.99 Å². The molecule has 4 aromatic rings. The van der Waals surface area contributed by atoms with Gasteiger partial charge in [0.15, 0.2) is 11.5 Å². The van der Waals surface area contributed by atoms with E-state index in [0.29, 0.717) is 42.5 Å². The fourth-order valence-corrected chi connectivity index (χ4v) is 4.05. The minimum Gasteiger partial charge on any atom is -0.378 e. The number of pyridine rings is 1. The van der Waals surface area contributed by atoms with Crippen molar-refractivity contribution < 1.29 is 9.13 Å². The maximum absolute atomic E-state index is 14.9. The molecule has 32 heavy (non-hydrogen) atoms. The number of ether oxygens (including phenoxy) is 1. The predicted molar refractivity (Wildman–Crippen MR) is 120 cm³/mol. The van der Waals surface area contributed by atoms with Crippen molar-refractivity contribution in [2.75, 3.05) is 36.5 Å². The van der Waals surface area contributed by atoms with Crippen molar-refractivity contribution in [1.29, 1.82) is 0 Å². The summed E-state index contributed by atoms with van der Waals surface area (Å²) in [6.07, 6.45) is 8.77. The lowest BCUT2D eigenvalue weighted by atomic mass is 10.0. The van der Waals surface area contributed by atoms with E-state index < -0.39 is 0 Å². The molecule has 1 saturated heterocycles. The number of morpholine rings is 1. The van der Waals surface area contributed by atoms with Gasteiger partial charge in [-0.25, -0.2) is 19.3 Å². The van der Waals surface area contributed by atoms with Gasteiger partial charge in [0.25, 0.3) is 0 Å². The first-order chi connectivity index (χ1) is 15.7. The molecule has 0 radical (unpaired) electrons. The number of halogens is 1. The molecule has 0 atom stereocenters. The first kappa shape index (κ1) is 18.9. The summed E-state index contributed by atoms with van der Waals surface area (Å²) < 4.78 is 22.1. The smallest absolute Gasteiger partial charge is 0.180 e. The Hall–Kier alpha value is -3.85. The molecule has 0 aliphatic carbocycles. The van der Waals surface area contributed by atoms with E-state index in [1.54, 1.807) is 24.8 Å². The number of fused-ring (bicyclic) bond motifs is 2. The molecule has 8 nitrogen and oxygen atoms in total. The standard InChI is InChI=1S/C23H20FN7O/c24-19-10-16-12-25-11-15(16)9-18(19)20-14-31-4-3-26-23(31)22(29-20)28-17-1-2-21(27-13-17)30-5-7-32-8-6-30/h1-4,9-10,12-14H,5-8,11H2,(H,28,29). The molecular formula is C23H20FN7O. The fourth-order valence-electron chi connectivity index (χ4n) is 4.05. The number of benzene rings is 1. The number of imidazole rings is 1. The summed E-state index contributed by atoms with van der Waals surface area (Å²) in [5.41, 5.74) is 4.19. The molecule has 6 rings (SSSR count). The van der Waals surface area contributed by atoms with Gasteiger partial charge in [0.05, 0.1) is 37.3 Å². The van der Waals surface area contributed by atoms with Crippen molar-refractivity contribution in [1.82, 2.24) is 19.4 Å². The summed E-state index contributed by atoms with van der Waals surface area (Å²) in [7, 11) is 0. The molecule has 1 aromatic carbocycles. The van der Waals surface area contributed by atoms with Crippen LogP contribution in [-0.2, 0) is 11.3 Å². The number of nitrogens with one attached hydrogen (secondary N) is 1. The fraction of sp³-hybridized carbons (Fsp3) is 0.217. The van der Waals surface area contributed by atoms with Crippen LogP contribution in [0.4, 0.5) is 21.7 Å². The number of hydrogen-bond acceptors (Lipinski definition) is 7. The summed E-state index contributed by atoms with van der Waals surface area (Å²) in [5.74, 6) is 1.12. The van der Waals surface area contributed by atoms with Crippen LogP contribution in [0, 0.1) is 5.82 Å². The van der Waals surface area contributed by atoms with Crippen molar-refractivity contribution in [2.24, 2.45) is 4.99 Å². The van der Waals surface area contributed by atoms with E-state index in [1.165, 1.54) is 6.07 Å². The highest BCUT2D eigenvalue weighted by Gasteiger charge is 2.17. The number of hydrogen-bond donors (Lipinski definition) is 1. The predicted octanol–water partition coefficient (Wildman–Crippen LogP) is 3.44. The third-order valence-electron chi connectivity index (χ3n) is 5.72. The molecule has 9 heteroatoms. The zero-order valence-electron chi connectivity index (χ0n) is 17.2. The largest absolute Gasteiger partial charge is 0.378 e. The maximum atomic E-state index is 14.9. The lowest BCUT2D eigenvalue weighted by Gasteiger charge is -2.27. The lowest BCUT2D eigenvalue weighted by molar-refractivity contribution is 0.122. The third kappa shape index (κ3) is 3.36. The van der Waals surface area contributed by atoms with Crippen LogP contribution < -0.4 is 10.2 Å². The molecule has 2 aliphatic rings. The van der Waals surface area contributed by atoms with Gasteiger partial charge in [-0.2, -0.15) is 0 Å². The number of aliphatic imine (C=N–C) groups is 1. The Labute approximate surface area is 183 Å². The van der Waals surface area contributed by atoms with Crippen LogP contribution in [0.15, 0.2) is 54.0 Å². The van der Waals surface area contributed by atoms with E-state index in [2.05, 4.69) is 25.2 Å². The van der Waals surface area contributed by atoms with Gasteiger partial charge < -0.3 is 19.4 Å². The summed E-state index contributed by atoms with van der Waals surface area (Å²) in [5, 5.41) is 3.30. The SMILES string of the molecule is Fc1cc2c(cc1-c1cn3ccnc3c(Nc3ccc(N4CCOCC4)nc3)n1)CN=C2. The summed E-state index contributed by atoms with van der Waals surface area (Å²) in [6, 6.07) is 7.27. The molecule has 160 valence electrons. The average molecular weight is 429 g/mol. The highest BCUT2D eigenvalue weighted by Crippen LogP contribution is 2.29. The van der Waals surface area contributed by atoms with Crippen LogP contribution in [0.25, 0.3) is 16.9 Å². The Morgan fingerprint density at radius 3 is 2.84 bits per heavy atom. The molecule has 2 aliphatic heterocycles. The molecule has 0 unspecified atom stereocenters. The zero-order chi connectivity index (χ0) is 21.5. The molecular weight excluding hydrogens is 409 g/mol. The first-order valence-corrected chi connectivity index (χ1v) is 10.5. The molecule has 0 bridgehead atoms. The summed E-state index contributed by atoms with van der Waals surface area (Å²) in [6.45, 7) is 3.64. The van der Waals surface area contributed by atoms with E-state index in [0.717, 1.165) is 35.7 Å². The van der Waals surface area contributed by atoms with E-state index in [9.17, 15) is 4.39 Å². The van der Waals surface area contributed by atoms with E-state index >= 15 is 0 Å². The first-order valence-electron chi connectivity index (χ1n) is 10.5. The van der Waals surface area contributed by atoms with Gasteiger partial charge in [-0.05, 0) is 29.8 Å². The number of rotatable bonds is 4. The summed E-state index contributed by atoms with van der Waals surface area (Å²) in [4.78, 5) is 20.1. The topological polar surface area (TPSA) is 79.9 Å². The van der Waals surface area contributed by atoms with Gasteiger partial charge in [-0.15, -0.1) is 0 Å². The van der Waals surface area contributed by atoms with Crippen LogP contribution in [0.5, 0.6) is 0 Å². The van der Waals surface area contributed by atoms with Crippen LogP contribution in [0.1, 0.15) is 11.1 Å². The minimum absolute atomic E-state index is 0.327. The maximum Gasteiger partial charge on any atom is 0.180 e.